The molecular formula is C9H12F2N2O. The summed E-state index contributed by atoms with van der Waals surface area (Å²) in [7, 11) is 0. The Morgan fingerprint density at radius 1 is 1.36 bits per heavy atom. The SMILES string of the molecule is CC(C)(C)c1nnc(C2CC2(F)F)o1. The van der Waals surface area contributed by atoms with Crippen LogP contribution < -0.4 is 0 Å². The fourth-order valence-electron chi connectivity index (χ4n) is 1.16. The molecule has 1 aliphatic carbocycles. The van der Waals surface area contributed by atoms with Crippen LogP contribution in [0.2, 0.25) is 0 Å². The van der Waals surface area contributed by atoms with Gasteiger partial charge < -0.3 is 4.42 Å². The van der Waals surface area contributed by atoms with E-state index in [1.54, 1.807) is 0 Å². The molecule has 1 heterocycles. The lowest BCUT2D eigenvalue weighted by molar-refractivity contribution is 0.107. The van der Waals surface area contributed by atoms with Crippen molar-refractivity contribution in [3.63, 3.8) is 0 Å². The molecule has 1 fully saturated rings. The van der Waals surface area contributed by atoms with Gasteiger partial charge in [-0.2, -0.15) is 0 Å². The number of nitrogens with zero attached hydrogens (tertiary/aromatic N) is 2. The quantitative estimate of drug-likeness (QED) is 0.702. The molecule has 1 aromatic heterocycles. The van der Waals surface area contributed by atoms with Gasteiger partial charge in [0, 0.05) is 11.8 Å². The highest BCUT2D eigenvalue weighted by Gasteiger charge is 2.61. The van der Waals surface area contributed by atoms with Gasteiger partial charge in [-0.1, -0.05) is 20.8 Å². The average Bonchev–Trinajstić information content (AvgIpc) is 2.48. The molecule has 1 atom stereocenters. The van der Waals surface area contributed by atoms with E-state index in [1.165, 1.54) is 0 Å². The smallest absolute Gasteiger partial charge is 0.260 e. The molecule has 0 aromatic carbocycles. The Labute approximate surface area is 80.5 Å². The predicted octanol–water partition coefficient (Wildman–Crippen LogP) is 2.49. The molecule has 2 rings (SSSR count). The fraction of sp³-hybridized carbons (Fsp3) is 0.778. The van der Waals surface area contributed by atoms with E-state index in [-0.39, 0.29) is 17.7 Å². The van der Waals surface area contributed by atoms with Crippen LogP contribution in [0.15, 0.2) is 4.42 Å². The Hall–Kier alpha value is -1.00. The Bertz CT molecular complexity index is 354. The van der Waals surface area contributed by atoms with Gasteiger partial charge in [-0.15, -0.1) is 10.2 Å². The van der Waals surface area contributed by atoms with E-state index >= 15 is 0 Å². The van der Waals surface area contributed by atoms with E-state index in [2.05, 4.69) is 10.2 Å². The summed E-state index contributed by atoms with van der Waals surface area (Å²) in [5.74, 6) is -3.01. The Morgan fingerprint density at radius 3 is 2.29 bits per heavy atom. The molecule has 3 nitrogen and oxygen atoms in total. The van der Waals surface area contributed by atoms with Crippen LogP contribution in [-0.2, 0) is 5.41 Å². The highest BCUT2D eigenvalue weighted by molar-refractivity contribution is 5.13. The van der Waals surface area contributed by atoms with Crippen LogP contribution in [0.25, 0.3) is 0 Å². The van der Waals surface area contributed by atoms with Crippen LogP contribution in [0.3, 0.4) is 0 Å². The van der Waals surface area contributed by atoms with Gasteiger partial charge in [0.1, 0.15) is 5.92 Å². The highest BCUT2D eigenvalue weighted by Crippen LogP contribution is 2.55. The molecule has 0 amide bonds. The van der Waals surface area contributed by atoms with E-state index in [9.17, 15) is 8.78 Å². The third kappa shape index (κ3) is 1.51. The van der Waals surface area contributed by atoms with Gasteiger partial charge in [0.05, 0.1) is 0 Å². The summed E-state index contributed by atoms with van der Waals surface area (Å²) in [6.07, 6.45) is -0.168. The van der Waals surface area contributed by atoms with Crippen molar-refractivity contribution in [3.05, 3.63) is 11.8 Å². The minimum atomic E-state index is -2.64. The van der Waals surface area contributed by atoms with Gasteiger partial charge in [0.2, 0.25) is 11.8 Å². The molecule has 0 saturated heterocycles. The molecule has 0 spiro atoms. The summed E-state index contributed by atoms with van der Waals surface area (Å²) >= 11 is 0. The highest BCUT2D eigenvalue weighted by atomic mass is 19.3. The van der Waals surface area contributed by atoms with Gasteiger partial charge >= 0.3 is 0 Å². The Morgan fingerprint density at radius 2 is 1.93 bits per heavy atom. The van der Waals surface area contributed by atoms with Gasteiger partial charge in [-0.3, -0.25) is 0 Å². The topological polar surface area (TPSA) is 38.9 Å². The van der Waals surface area contributed by atoms with Crippen molar-refractivity contribution < 1.29 is 13.2 Å². The summed E-state index contributed by atoms with van der Waals surface area (Å²) in [5, 5.41) is 7.41. The second kappa shape index (κ2) is 2.52. The molecule has 1 aliphatic rings. The van der Waals surface area contributed by atoms with Crippen LogP contribution in [0.4, 0.5) is 8.78 Å². The molecule has 0 bridgehead atoms. The van der Waals surface area contributed by atoms with Gasteiger partial charge in [0.15, 0.2) is 0 Å². The van der Waals surface area contributed by atoms with Crippen molar-refractivity contribution in [2.24, 2.45) is 0 Å². The third-order valence-corrected chi connectivity index (χ3v) is 2.21. The maximum atomic E-state index is 12.7. The minimum absolute atomic E-state index is 0.0694. The number of rotatable bonds is 1. The summed E-state index contributed by atoms with van der Waals surface area (Å²) in [4.78, 5) is 0. The predicted molar refractivity (Wildman–Crippen MR) is 45.3 cm³/mol. The zero-order valence-corrected chi connectivity index (χ0v) is 8.34. The molecule has 5 heteroatoms. The monoisotopic (exact) mass is 202 g/mol. The minimum Gasteiger partial charge on any atom is -0.424 e. The lowest BCUT2D eigenvalue weighted by Crippen LogP contribution is -2.11. The van der Waals surface area contributed by atoms with Crippen molar-refractivity contribution in [3.8, 4) is 0 Å². The summed E-state index contributed by atoms with van der Waals surface area (Å²) < 4.78 is 30.5. The van der Waals surface area contributed by atoms with E-state index in [4.69, 9.17) is 4.42 Å². The molecule has 1 aromatic rings. The van der Waals surface area contributed by atoms with Gasteiger partial charge in [-0.05, 0) is 0 Å². The standard InChI is InChI=1S/C9H12F2N2O/c1-8(2,3)7-13-12-6(14-7)5-4-9(5,10)11/h5H,4H2,1-3H3. The van der Waals surface area contributed by atoms with Crippen molar-refractivity contribution in [2.45, 2.75) is 44.4 Å². The lowest BCUT2D eigenvalue weighted by Gasteiger charge is -2.10. The number of hydrogen-bond donors (Lipinski definition) is 0. The van der Waals surface area contributed by atoms with Crippen LogP contribution >= 0.6 is 0 Å². The molecule has 78 valence electrons. The van der Waals surface area contributed by atoms with Crippen molar-refractivity contribution in [1.29, 1.82) is 0 Å². The first kappa shape index (κ1) is 9.55. The van der Waals surface area contributed by atoms with E-state index in [0.29, 0.717) is 5.89 Å². The molecule has 0 radical (unpaired) electrons. The van der Waals surface area contributed by atoms with E-state index in [0.717, 1.165) is 0 Å². The zero-order valence-electron chi connectivity index (χ0n) is 8.34. The van der Waals surface area contributed by atoms with Gasteiger partial charge in [-0.25, -0.2) is 8.78 Å². The van der Waals surface area contributed by atoms with Crippen molar-refractivity contribution in [1.82, 2.24) is 10.2 Å². The summed E-state index contributed by atoms with van der Waals surface area (Å²) in [5.41, 5.74) is -0.282. The summed E-state index contributed by atoms with van der Waals surface area (Å²) in [6, 6.07) is 0. The van der Waals surface area contributed by atoms with Crippen LogP contribution in [-0.4, -0.2) is 16.1 Å². The number of halogens is 2. The first-order chi connectivity index (χ1) is 6.31. The van der Waals surface area contributed by atoms with Crippen molar-refractivity contribution >= 4 is 0 Å². The first-order valence-electron chi connectivity index (χ1n) is 4.52. The number of aromatic nitrogens is 2. The summed E-state index contributed by atoms with van der Waals surface area (Å²) in [6.45, 7) is 5.69. The van der Waals surface area contributed by atoms with Crippen LogP contribution in [0.5, 0.6) is 0 Å². The third-order valence-electron chi connectivity index (χ3n) is 2.21. The van der Waals surface area contributed by atoms with Crippen LogP contribution in [0, 0.1) is 0 Å². The maximum Gasteiger partial charge on any atom is 0.260 e. The Kier molecular flexibility index (Phi) is 1.72. The second-order valence-electron chi connectivity index (χ2n) is 4.71. The van der Waals surface area contributed by atoms with E-state index in [1.807, 2.05) is 20.8 Å². The van der Waals surface area contributed by atoms with Gasteiger partial charge in [0.25, 0.3) is 5.92 Å². The first-order valence-corrected chi connectivity index (χ1v) is 4.52. The maximum absolute atomic E-state index is 12.7. The molecule has 1 unspecified atom stereocenters. The van der Waals surface area contributed by atoms with Crippen molar-refractivity contribution in [2.75, 3.05) is 0 Å². The Balaban J connectivity index is 2.20. The molecular weight excluding hydrogens is 190 g/mol. The van der Waals surface area contributed by atoms with Crippen LogP contribution in [0.1, 0.15) is 44.9 Å². The largest absolute Gasteiger partial charge is 0.424 e. The number of alkyl halides is 2. The second-order valence-corrected chi connectivity index (χ2v) is 4.71. The molecule has 0 aliphatic heterocycles. The lowest BCUT2D eigenvalue weighted by atomic mass is 9.97. The number of hydrogen-bond acceptors (Lipinski definition) is 3. The fourth-order valence-corrected chi connectivity index (χ4v) is 1.16. The molecule has 0 N–H and O–H groups in total. The van der Waals surface area contributed by atoms with E-state index < -0.39 is 11.8 Å². The molecule has 14 heavy (non-hydrogen) atoms. The average molecular weight is 202 g/mol. The normalized spacial score (nSPS) is 25.1. The zero-order chi connectivity index (χ0) is 10.6. The molecule has 1 saturated carbocycles.